The molecule has 0 aliphatic carbocycles. The first kappa shape index (κ1) is 18.9. The zero-order chi connectivity index (χ0) is 17.9. The quantitative estimate of drug-likeness (QED) is 0.342. The Balaban J connectivity index is 2.03. The van der Waals surface area contributed by atoms with Crippen molar-refractivity contribution < 1.29 is 9.05 Å². The van der Waals surface area contributed by atoms with Crippen molar-refractivity contribution in [2.75, 3.05) is 12.4 Å². The molecule has 0 radical (unpaired) electrons. The molecule has 3 aromatic rings. The molecule has 0 spiro atoms. The van der Waals surface area contributed by atoms with Crippen molar-refractivity contribution in [2.24, 2.45) is 0 Å². The summed E-state index contributed by atoms with van der Waals surface area (Å²) >= 11 is 8.80. The smallest absolute Gasteiger partial charge is 0.297 e. The van der Waals surface area contributed by atoms with Gasteiger partial charge in [-0.2, -0.15) is 0 Å². The lowest BCUT2D eigenvalue weighted by Gasteiger charge is -2.21. The number of benzene rings is 2. The highest BCUT2D eigenvalue weighted by Crippen LogP contribution is 2.60. The molecule has 0 amide bonds. The Kier molecular flexibility index (Phi) is 6.18. The first-order chi connectivity index (χ1) is 12.1. The maximum Gasteiger partial charge on any atom is 0.297 e. The van der Waals surface area contributed by atoms with Crippen LogP contribution in [0, 0.1) is 0 Å². The van der Waals surface area contributed by atoms with Crippen LogP contribution in [0.2, 0.25) is 0 Å². The minimum atomic E-state index is -2.45. The van der Waals surface area contributed by atoms with Crippen LogP contribution in [0.3, 0.4) is 0 Å². The number of fused-ring (bicyclic) bond motifs is 2. The van der Waals surface area contributed by atoms with Crippen molar-refractivity contribution in [1.82, 2.24) is 0 Å². The fourth-order valence-corrected chi connectivity index (χ4v) is 8.17. The summed E-state index contributed by atoms with van der Waals surface area (Å²) in [7, 11) is 0. The highest BCUT2D eigenvalue weighted by atomic mass is 32.9. The largest absolute Gasteiger partial charge is 0.436 e. The Hall–Kier alpha value is -0.910. The molecule has 0 aliphatic rings. The van der Waals surface area contributed by atoms with Gasteiger partial charge >= 0.3 is 0 Å². The van der Waals surface area contributed by atoms with E-state index in [1.807, 2.05) is 43.3 Å². The first-order valence-electron chi connectivity index (χ1n) is 8.10. The predicted octanol–water partition coefficient (Wildman–Crippen LogP) is 6.20. The van der Waals surface area contributed by atoms with Gasteiger partial charge in [-0.15, -0.1) is 11.3 Å². The van der Waals surface area contributed by atoms with Gasteiger partial charge < -0.3 is 9.05 Å². The van der Waals surface area contributed by atoms with E-state index in [1.54, 1.807) is 28.8 Å². The standard InChI is InChI=1S/C18H19O3PS3/c1-3-11-24-22(23,20-4-2)21-13-9-10-17-15(12-13)18(19)14-7-5-6-8-16(14)25-17/h5-10,12H,3-4,11H2,1-2H3. The molecule has 132 valence electrons. The zero-order valence-corrected chi connectivity index (χ0v) is 17.4. The Labute approximate surface area is 160 Å². The Bertz CT molecular complexity index is 1000. The van der Waals surface area contributed by atoms with E-state index in [0.717, 1.165) is 27.0 Å². The molecule has 0 aliphatic heterocycles. The predicted molar refractivity (Wildman–Crippen MR) is 115 cm³/mol. The van der Waals surface area contributed by atoms with Crippen LogP contribution < -0.4 is 9.95 Å². The average molecular weight is 411 g/mol. The molecule has 0 fully saturated rings. The third kappa shape index (κ3) is 4.26. The van der Waals surface area contributed by atoms with Crippen molar-refractivity contribution in [3.8, 4) is 5.75 Å². The summed E-state index contributed by atoms with van der Waals surface area (Å²) in [6.45, 7) is 4.53. The lowest BCUT2D eigenvalue weighted by atomic mass is 10.2. The van der Waals surface area contributed by atoms with Crippen LogP contribution in [0.15, 0.2) is 47.3 Å². The summed E-state index contributed by atoms with van der Waals surface area (Å²) in [5, 5.41) is 1.40. The Morgan fingerprint density at radius 3 is 2.64 bits per heavy atom. The topological polar surface area (TPSA) is 35.5 Å². The molecule has 1 heterocycles. The van der Waals surface area contributed by atoms with Crippen LogP contribution in [0.1, 0.15) is 20.3 Å². The molecule has 3 nitrogen and oxygen atoms in total. The van der Waals surface area contributed by atoms with Crippen molar-refractivity contribution >= 4 is 60.4 Å². The van der Waals surface area contributed by atoms with E-state index in [2.05, 4.69) is 6.92 Å². The van der Waals surface area contributed by atoms with Crippen LogP contribution in [0.5, 0.6) is 5.75 Å². The van der Waals surface area contributed by atoms with Gasteiger partial charge in [0.1, 0.15) is 5.75 Å². The van der Waals surface area contributed by atoms with Gasteiger partial charge in [-0.1, -0.05) is 30.4 Å². The monoisotopic (exact) mass is 410 g/mol. The second-order valence-corrected chi connectivity index (χ2v) is 12.8. The van der Waals surface area contributed by atoms with Gasteiger partial charge in [0.05, 0.1) is 6.61 Å². The van der Waals surface area contributed by atoms with E-state index in [9.17, 15) is 4.79 Å². The van der Waals surface area contributed by atoms with Gasteiger partial charge in [-0.25, -0.2) is 0 Å². The van der Waals surface area contributed by atoms with Gasteiger partial charge in [0.15, 0.2) is 5.43 Å². The van der Waals surface area contributed by atoms with Crippen molar-refractivity contribution in [2.45, 2.75) is 20.3 Å². The number of rotatable bonds is 7. The molecule has 3 rings (SSSR count). The maximum atomic E-state index is 12.8. The van der Waals surface area contributed by atoms with E-state index < -0.39 is 5.69 Å². The molecule has 7 heteroatoms. The molecule has 0 N–H and O–H groups in total. The summed E-state index contributed by atoms with van der Waals surface area (Å²) in [6.07, 6.45) is 1.01. The molecule has 25 heavy (non-hydrogen) atoms. The Morgan fingerprint density at radius 1 is 1.12 bits per heavy atom. The molecule has 1 atom stereocenters. The van der Waals surface area contributed by atoms with Gasteiger partial charge in [0, 0.05) is 25.9 Å². The van der Waals surface area contributed by atoms with E-state index in [1.165, 1.54) is 0 Å². The summed E-state index contributed by atoms with van der Waals surface area (Å²) in [6, 6.07) is 13.3. The van der Waals surface area contributed by atoms with Crippen molar-refractivity contribution in [3.63, 3.8) is 0 Å². The third-order valence-corrected chi connectivity index (χ3v) is 10.1. The van der Waals surface area contributed by atoms with Crippen LogP contribution in [-0.2, 0) is 16.3 Å². The summed E-state index contributed by atoms with van der Waals surface area (Å²) in [5.41, 5.74) is -2.42. The minimum absolute atomic E-state index is 0.0284. The van der Waals surface area contributed by atoms with Crippen LogP contribution in [0.4, 0.5) is 0 Å². The normalized spacial score (nSPS) is 13.8. The summed E-state index contributed by atoms with van der Waals surface area (Å²) in [5.74, 6) is 1.50. The molecule has 1 unspecified atom stereocenters. The third-order valence-electron chi connectivity index (χ3n) is 3.51. The number of hydrogen-bond donors (Lipinski definition) is 0. The van der Waals surface area contributed by atoms with Gasteiger partial charge in [-0.3, -0.25) is 4.79 Å². The highest BCUT2D eigenvalue weighted by Gasteiger charge is 2.21. The van der Waals surface area contributed by atoms with Crippen molar-refractivity contribution in [3.05, 3.63) is 52.7 Å². The van der Waals surface area contributed by atoms with E-state index in [0.29, 0.717) is 17.7 Å². The van der Waals surface area contributed by atoms with Gasteiger partial charge in [0.25, 0.3) is 5.69 Å². The lowest BCUT2D eigenvalue weighted by molar-refractivity contribution is 0.344. The fourth-order valence-electron chi connectivity index (χ4n) is 2.42. The highest BCUT2D eigenvalue weighted by molar-refractivity contribution is 8.68. The second kappa shape index (κ2) is 8.19. The molecular formula is C18H19O3PS3. The SMILES string of the molecule is CCCSP(=S)(OCC)Oc1ccc2sc3ccccc3c(=O)c2c1. The summed E-state index contributed by atoms with van der Waals surface area (Å²) < 4.78 is 13.7. The van der Waals surface area contributed by atoms with Gasteiger partial charge in [0.2, 0.25) is 0 Å². The lowest BCUT2D eigenvalue weighted by Crippen LogP contribution is -2.01. The zero-order valence-electron chi connectivity index (χ0n) is 14.1. The van der Waals surface area contributed by atoms with E-state index in [-0.39, 0.29) is 5.43 Å². The van der Waals surface area contributed by atoms with E-state index in [4.69, 9.17) is 20.9 Å². The molecule has 0 bridgehead atoms. The van der Waals surface area contributed by atoms with Crippen LogP contribution in [-0.4, -0.2) is 12.4 Å². The van der Waals surface area contributed by atoms with Crippen LogP contribution >= 0.6 is 28.4 Å². The van der Waals surface area contributed by atoms with Crippen molar-refractivity contribution in [1.29, 1.82) is 0 Å². The molecule has 0 saturated carbocycles. The number of hydrogen-bond acceptors (Lipinski definition) is 6. The van der Waals surface area contributed by atoms with E-state index >= 15 is 0 Å². The van der Waals surface area contributed by atoms with Crippen LogP contribution in [0.25, 0.3) is 20.2 Å². The fraction of sp³-hybridized carbons (Fsp3) is 0.278. The molecule has 0 saturated heterocycles. The molecular weight excluding hydrogens is 391 g/mol. The minimum Gasteiger partial charge on any atom is -0.436 e. The molecule has 2 aromatic carbocycles. The average Bonchev–Trinajstić information content (AvgIpc) is 2.61. The first-order valence-corrected chi connectivity index (χ1v) is 13.1. The molecule has 1 aromatic heterocycles. The Morgan fingerprint density at radius 2 is 1.88 bits per heavy atom. The van der Waals surface area contributed by atoms with Gasteiger partial charge in [-0.05, 0) is 55.5 Å². The maximum absolute atomic E-state index is 12.8. The summed E-state index contributed by atoms with van der Waals surface area (Å²) in [4.78, 5) is 12.8. The second-order valence-electron chi connectivity index (χ2n) is 5.37.